The van der Waals surface area contributed by atoms with Crippen LogP contribution in [0.2, 0.25) is 0 Å². The molecule has 0 bridgehead atoms. The molecule has 5 fully saturated rings. The SMILES string of the molecule is C=C(COC(C)=O)C1CC[C@]2(C(=O)NC)CC[C@]3(C)C(CC[C@@H]4[C@@]5(C)CC[C@H](OC(C)=O)[C@@](C)(COC(C)=O)[C@@H]5CC[C@]43C)[C@@H]12. The monoisotopic (exact) mass is 627 g/mol. The number of hydrogen-bond donors (Lipinski definition) is 1. The highest BCUT2D eigenvalue weighted by molar-refractivity contribution is 5.83. The van der Waals surface area contributed by atoms with Crippen LogP contribution in [0.15, 0.2) is 12.2 Å². The molecule has 1 amide bonds. The topological polar surface area (TPSA) is 108 Å². The second kappa shape index (κ2) is 11.7. The molecule has 8 nitrogen and oxygen atoms in total. The first kappa shape index (κ1) is 34.0. The van der Waals surface area contributed by atoms with Gasteiger partial charge in [-0.25, -0.2) is 0 Å². The number of fused-ring (bicyclic) bond motifs is 7. The van der Waals surface area contributed by atoms with Crippen LogP contribution >= 0.6 is 0 Å². The molecule has 5 rings (SSSR count). The van der Waals surface area contributed by atoms with Crippen LogP contribution in [0.4, 0.5) is 0 Å². The average molecular weight is 628 g/mol. The lowest BCUT2D eigenvalue weighted by molar-refractivity contribution is -0.256. The van der Waals surface area contributed by atoms with Crippen molar-refractivity contribution < 1.29 is 33.4 Å². The van der Waals surface area contributed by atoms with Gasteiger partial charge in [0.05, 0.1) is 5.41 Å². The number of carbonyl (C=O) groups excluding carboxylic acids is 4. The van der Waals surface area contributed by atoms with Gasteiger partial charge in [-0.3, -0.25) is 19.2 Å². The van der Waals surface area contributed by atoms with E-state index in [1.54, 1.807) is 7.05 Å². The smallest absolute Gasteiger partial charge is 0.302 e. The lowest BCUT2D eigenvalue weighted by Crippen LogP contribution is -2.68. The molecular weight excluding hydrogens is 570 g/mol. The van der Waals surface area contributed by atoms with E-state index in [0.717, 1.165) is 69.8 Å². The largest absolute Gasteiger partial charge is 0.465 e. The van der Waals surface area contributed by atoms with Gasteiger partial charge in [0.25, 0.3) is 0 Å². The molecule has 0 aromatic rings. The molecule has 0 radical (unpaired) electrons. The van der Waals surface area contributed by atoms with Gasteiger partial charge >= 0.3 is 17.9 Å². The Labute approximate surface area is 270 Å². The number of amides is 1. The van der Waals surface area contributed by atoms with Gasteiger partial charge in [-0.1, -0.05) is 34.3 Å². The molecule has 1 N–H and O–H groups in total. The molecule has 11 atom stereocenters. The third-order valence-electron chi connectivity index (χ3n) is 14.7. The van der Waals surface area contributed by atoms with Crippen LogP contribution in [0.25, 0.3) is 0 Å². The lowest BCUT2D eigenvalue weighted by atomic mass is 9.32. The Hall–Kier alpha value is -2.38. The van der Waals surface area contributed by atoms with E-state index in [-0.39, 0.29) is 77.1 Å². The molecule has 0 heterocycles. The minimum atomic E-state index is -0.463. The molecule has 0 saturated heterocycles. The number of ether oxygens (including phenoxy) is 3. The molecule has 252 valence electrons. The molecule has 0 aromatic carbocycles. The van der Waals surface area contributed by atoms with Crippen LogP contribution < -0.4 is 5.32 Å². The van der Waals surface area contributed by atoms with Crippen LogP contribution in [-0.4, -0.2) is 50.2 Å². The number of hydrogen-bond acceptors (Lipinski definition) is 7. The number of esters is 3. The van der Waals surface area contributed by atoms with Gasteiger partial charge in [-0.05, 0) is 116 Å². The zero-order valence-corrected chi connectivity index (χ0v) is 29.0. The summed E-state index contributed by atoms with van der Waals surface area (Å²) < 4.78 is 17.1. The summed E-state index contributed by atoms with van der Waals surface area (Å²) in [6, 6.07) is 0. The normalized spacial score (nSPS) is 45.1. The third-order valence-corrected chi connectivity index (χ3v) is 14.7. The summed E-state index contributed by atoms with van der Waals surface area (Å²) in [6.07, 6.45) is 9.23. The maximum absolute atomic E-state index is 13.8. The Morgan fingerprint density at radius 3 is 2.07 bits per heavy atom. The van der Waals surface area contributed by atoms with Crippen molar-refractivity contribution >= 4 is 23.8 Å². The van der Waals surface area contributed by atoms with E-state index >= 15 is 0 Å². The maximum Gasteiger partial charge on any atom is 0.302 e. The van der Waals surface area contributed by atoms with Crippen LogP contribution in [0, 0.1) is 56.7 Å². The highest BCUT2D eigenvalue weighted by Crippen LogP contribution is 2.77. The van der Waals surface area contributed by atoms with Gasteiger partial charge in [0.2, 0.25) is 5.91 Å². The van der Waals surface area contributed by atoms with Crippen LogP contribution in [0.3, 0.4) is 0 Å². The molecule has 0 aromatic heterocycles. The van der Waals surface area contributed by atoms with Gasteiger partial charge in [0, 0.05) is 33.2 Å². The van der Waals surface area contributed by atoms with Gasteiger partial charge in [0.1, 0.15) is 19.3 Å². The fourth-order valence-electron chi connectivity index (χ4n) is 12.6. The Bertz CT molecular complexity index is 1250. The van der Waals surface area contributed by atoms with Crippen LogP contribution in [0.1, 0.15) is 113 Å². The first-order chi connectivity index (χ1) is 21.0. The molecule has 5 saturated carbocycles. The van der Waals surface area contributed by atoms with Crippen molar-refractivity contribution in [3.05, 3.63) is 12.2 Å². The molecule has 5 aliphatic carbocycles. The Morgan fingerprint density at radius 1 is 0.756 bits per heavy atom. The van der Waals surface area contributed by atoms with Gasteiger partial charge in [-0.2, -0.15) is 0 Å². The zero-order valence-electron chi connectivity index (χ0n) is 29.0. The molecular formula is C37H57NO7. The van der Waals surface area contributed by atoms with Crippen molar-refractivity contribution in [2.45, 2.75) is 119 Å². The van der Waals surface area contributed by atoms with E-state index in [4.69, 9.17) is 14.2 Å². The van der Waals surface area contributed by atoms with Gasteiger partial charge < -0.3 is 19.5 Å². The number of rotatable bonds is 7. The summed E-state index contributed by atoms with van der Waals surface area (Å²) in [5.41, 5.74) is 0.133. The Kier molecular flexibility index (Phi) is 8.83. The summed E-state index contributed by atoms with van der Waals surface area (Å²) in [5, 5.41) is 3.04. The predicted molar refractivity (Wildman–Crippen MR) is 171 cm³/mol. The van der Waals surface area contributed by atoms with E-state index in [1.807, 2.05) is 0 Å². The third kappa shape index (κ3) is 5.06. The fraction of sp³-hybridized carbons (Fsp3) is 0.838. The summed E-state index contributed by atoms with van der Waals surface area (Å²) in [7, 11) is 1.77. The molecule has 0 aliphatic heterocycles. The van der Waals surface area contributed by atoms with Crippen molar-refractivity contribution in [3.8, 4) is 0 Å². The first-order valence-electron chi connectivity index (χ1n) is 17.3. The Balaban J connectivity index is 1.51. The van der Waals surface area contributed by atoms with Crippen LogP contribution in [0.5, 0.6) is 0 Å². The van der Waals surface area contributed by atoms with Crippen molar-refractivity contribution in [1.82, 2.24) is 5.32 Å². The predicted octanol–water partition coefficient (Wildman–Crippen LogP) is 6.41. The van der Waals surface area contributed by atoms with Crippen molar-refractivity contribution in [1.29, 1.82) is 0 Å². The van der Waals surface area contributed by atoms with Gasteiger partial charge in [0.15, 0.2) is 0 Å². The van der Waals surface area contributed by atoms with E-state index in [9.17, 15) is 19.2 Å². The quantitative estimate of drug-likeness (QED) is 0.198. The van der Waals surface area contributed by atoms with Crippen molar-refractivity contribution in [2.24, 2.45) is 56.7 Å². The summed E-state index contributed by atoms with van der Waals surface area (Å²) in [5.74, 6) is 0.634. The summed E-state index contributed by atoms with van der Waals surface area (Å²) >= 11 is 0. The molecule has 8 heteroatoms. The van der Waals surface area contributed by atoms with E-state index < -0.39 is 10.8 Å². The molecule has 5 aliphatic rings. The Morgan fingerprint density at radius 2 is 1.44 bits per heavy atom. The molecule has 0 spiro atoms. The molecule has 45 heavy (non-hydrogen) atoms. The van der Waals surface area contributed by atoms with E-state index in [1.165, 1.54) is 20.8 Å². The second-order valence-electron chi connectivity index (χ2n) is 16.4. The number of nitrogens with one attached hydrogen (secondary N) is 1. The summed E-state index contributed by atoms with van der Waals surface area (Å²) in [4.78, 5) is 49.7. The average Bonchev–Trinajstić information content (AvgIpc) is 3.37. The van der Waals surface area contributed by atoms with Crippen molar-refractivity contribution in [3.63, 3.8) is 0 Å². The highest BCUT2D eigenvalue weighted by atomic mass is 16.6. The summed E-state index contributed by atoms with van der Waals surface area (Å²) in [6.45, 7) is 19.0. The minimum absolute atomic E-state index is 0.00411. The van der Waals surface area contributed by atoms with Crippen LogP contribution in [-0.2, 0) is 33.4 Å². The standard InChI is InChI=1S/C37H57NO7/c1-22(20-43-23(2)39)26-12-17-37(32(42)38-9)19-18-35(7)27(31(26)37)10-11-29-33(5)15-14-30(45-25(4)41)34(6,21-44-24(3)40)28(33)13-16-36(29,35)8/h26-31H,1,10-21H2,2-9H3,(H,38,42)/t26?,27?,28-,29-,30+,31-,33+,34+,35-,36-,37+/m1/s1. The van der Waals surface area contributed by atoms with Crippen molar-refractivity contribution in [2.75, 3.05) is 20.3 Å². The molecule has 2 unspecified atom stereocenters. The second-order valence-corrected chi connectivity index (χ2v) is 16.4. The number of carbonyl (C=O) groups is 4. The highest BCUT2D eigenvalue weighted by Gasteiger charge is 2.72. The first-order valence-corrected chi connectivity index (χ1v) is 17.3. The lowest BCUT2D eigenvalue weighted by Gasteiger charge is -2.73. The van der Waals surface area contributed by atoms with E-state index in [0.29, 0.717) is 11.8 Å². The maximum atomic E-state index is 13.8. The minimum Gasteiger partial charge on any atom is -0.465 e. The zero-order chi connectivity index (χ0) is 33.2. The fourth-order valence-corrected chi connectivity index (χ4v) is 12.6. The van der Waals surface area contributed by atoms with Gasteiger partial charge in [-0.15, -0.1) is 0 Å². The van der Waals surface area contributed by atoms with E-state index in [2.05, 4.69) is 39.6 Å².